The van der Waals surface area contributed by atoms with Crippen molar-refractivity contribution in [1.29, 1.82) is 0 Å². The molecule has 3 heterocycles. The lowest BCUT2D eigenvalue weighted by Crippen LogP contribution is -2.30. The van der Waals surface area contributed by atoms with Crippen molar-refractivity contribution in [3.63, 3.8) is 0 Å². The Morgan fingerprint density at radius 2 is 2.35 bits per heavy atom. The Morgan fingerprint density at radius 1 is 1.47 bits per heavy atom. The Bertz CT molecular complexity index is 538. The van der Waals surface area contributed by atoms with Gasteiger partial charge in [0.05, 0.1) is 5.02 Å². The molecular weight excluding hydrogens is 238 g/mol. The molecule has 0 N–H and O–H groups in total. The van der Waals surface area contributed by atoms with E-state index in [9.17, 15) is 0 Å². The van der Waals surface area contributed by atoms with Crippen LogP contribution in [0.1, 0.15) is 25.9 Å². The Hall–Kier alpha value is -1.20. The molecular formula is C11H13ClN5. The molecule has 2 aromatic heterocycles. The van der Waals surface area contributed by atoms with Gasteiger partial charge in [-0.3, -0.25) is 0 Å². The minimum Gasteiger partial charge on any atom is -0.232 e. The highest BCUT2D eigenvalue weighted by Gasteiger charge is 2.23. The normalized spacial score (nSPS) is 25.3. The molecule has 17 heavy (non-hydrogen) atoms. The lowest BCUT2D eigenvalue weighted by Gasteiger charge is -2.26. The van der Waals surface area contributed by atoms with E-state index in [4.69, 9.17) is 11.6 Å². The van der Waals surface area contributed by atoms with Crippen molar-refractivity contribution in [2.75, 3.05) is 6.54 Å². The molecule has 0 spiro atoms. The number of hydrogen-bond donors (Lipinski definition) is 0. The summed E-state index contributed by atoms with van der Waals surface area (Å²) in [6.45, 7) is 3.13. The smallest absolute Gasteiger partial charge is 0.201 e. The number of fused-ring (bicyclic) bond motifs is 1. The third-order valence-corrected chi connectivity index (χ3v) is 3.36. The summed E-state index contributed by atoms with van der Waals surface area (Å²) in [6.07, 6.45) is 3.82. The van der Waals surface area contributed by atoms with Crippen molar-refractivity contribution in [1.82, 2.24) is 25.3 Å². The van der Waals surface area contributed by atoms with Crippen LogP contribution in [0.3, 0.4) is 0 Å². The summed E-state index contributed by atoms with van der Waals surface area (Å²) in [4.78, 5) is 4.15. The molecule has 89 valence electrons. The first-order chi connectivity index (χ1) is 8.24. The van der Waals surface area contributed by atoms with Gasteiger partial charge in [0.1, 0.15) is 11.7 Å². The van der Waals surface area contributed by atoms with Crippen LogP contribution in [-0.2, 0) is 0 Å². The highest BCUT2D eigenvalue weighted by Crippen LogP contribution is 2.26. The average Bonchev–Trinajstić information content (AvgIpc) is 2.71. The molecule has 0 amide bonds. The van der Waals surface area contributed by atoms with E-state index in [0.717, 1.165) is 24.9 Å². The molecule has 0 bridgehead atoms. The third kappa shape index (κ3) is 2.00. The molecule has 1 saturated heterocycles. The van der Waals surface area contributed by atoms with Crippen LogP contribution in [0.5, 0.6) is 0 Å². The molecule has 1 fully saturated rings. The maximum Gasteiger partial charge on any atom is 0.201 e. The topological polar surface area (TPSA) is 57.7 Å². The SMILES string of the molecule is CC1CC[N]C(n2nnc3ncc(Cl)cc32)C1. The highest BCUT2D eigenvalue weighted by atomic mass is 35.5. The van der Waals surface area contributed by atoms with Crippen molar-refractivity contribution in [2.45, 2.75) is 25.9 Å². The minimum absolute atomic E-state index is 0.0732. The second kappa shape index (κ2) is 4.23. The van der Waals surface area contributed by atoms with Gasteiger partial charge in [-0.1, -0.05) is 23.7 Å². The summed E-state index contributed by atoms with van der Waals surface area (Å²) in [5.41, 5.74) is 1.49. The fraction of sp³-hybridized carbons (Fsp3) is 0.545. The Morgan fingerprint density at radius 3 is 3.18 bits per heavy atom. The van der Waals surface area contributed by atoms with E-state index in [0.29, 0.717) is 16.6 Å². The average molecular weight is 251 g/mol. The van der Waals surface area contributed by atoms with Crippen molar-refractivity contribution in [2.24, 2.45) is 5.92 Å². The monoisotopic (exact) mass is 250 g/mol. The zero-order chi connectivity index (χ0) is 11.8. The van der Waals surface area contributed by atoms with Gasteiger partial charge in [-0.05, 0) is 24.8 Å². The van der Waals surface area contributed by atoms with Crippen LogP contribution in [0.25, 0.3) is 11.2 Å². The van der Waals surface area contributed by atoms with E-state index < -0.39 is 0 Å². The third-order valence-electron chi connectivity index (χ3n) is 3.15. The molecule has 1 radical (unpaired) electrons. The number of aromatic nitrogens is 4. The Balaban J connectivity index is 2.01. The molecule has 5 nitrogen and oxygen atoms in total. The number of pyridine rings is 1. The van der Waals surface area contributed by atoms with Gasteiger partial charge in [0, 0.05) is 12.7 Å². The van der Waals surface area contributed by atoms with E-state index in [1.54, 1.807) is 6.20 Å². The van der Waals surface area contributed by atoms with Gasteiger partial charge in [0.2, 0.25) is 5.65 Å². The van der Waals surface area contributed by atoms with Crippen LogP contribution in [0.4, 0.5) is 0 Å². The van der Waals surface area contributed by atoms with E-state index in [1.165, 1.54) is 0 Å². The molecule has 0 aliphatic carbocycles. The molecule has 2 unspecified atom stereocenters. The van der Waals surface area contributed by atoms with Gasteiger partial charge >= 0.3 is 0 Å². The molecule has 2 atom stereocenters. The van der Waals surface area contributed by atoms with Crippen LogP contribution < -0.4 is 5.32 Å². The zero-order valence-electron chi connectivity index (χ0n) is 9.54. The zero-order valence-corrected chi connectivity index (χ0v) is 10.3. The number of hydrogen-bond acceptors (Lipinski definition) is 3. The molecule has 2 aromatic rings. The van der Waals surface area contributed by atoms with Gasteiger partial charge in [-0.2, -0.15) is 0 Å². The number of halogens is 1. The van der Waals surface area contributed by atoms with E-state index in [2.05, 4.69) is 27.5 Å². The van der Waals surface area contributed by atoms with Gasteiger partial charge in [-0.15, -0.1) is 5.10 Å². The maximum atomic E-state index is 5.95. The molecule has 0 aromatic carbocycles. The summed E-state index contributed by atoms with van der Waals surface area (Å²) in [7, 11) is 0. The van der Waals surface area contributed by atoms with E-state index in [-0.39, 0.29) is 6.17 Å². The van der Waals surface area contributed by atoms with Gasteiger partial charge in [0.25, 0.3) is 0 Å². The second-order valence-electron chi connectivity index (χ2n) is 4.55. The number of piperidine rings is 1. The van der Waals surface area contributed by atoms with Crippen molar-refractivity contribution in [3.05, 3.63) is 17.3 Å². The van der Waals surface area contributed by atoms with Gasteiger partial charge in [-0.25, -0.2) is 15.0 Å². The van der Waals surface area contributed by atoms with Crippen LogP contribution in [0.15, 0.2) is 12.3 Å². The van der Waals surface area contributed by atoms with Crippen molar-refractivity contribution in [3.8, 4) is 0 Å². The number of rotatable bonds is 1. The van der Waals surface area contributed by atoms with Crippen LogP contribution in [0, 0.1) is 5.92 Å². The second-order valence-corrected chi connectivity index (χ2v) is 4.98. The molecule has 1 aliphatic rings. The predicted molar refractivity (Wildman–Crippen MR) is 64.8 cm³/mol. The fourth-order valence-corrected chi connectivity index (χ4v) is 2.35. The molecule has 6 heteroatoms. The Kier molecular flexibility index (Phi) is 2.72. The summed E-state index contributed by atoms with van der Waals surface area (Å²) < 4.78 is 1.84. The number of nitrogens with zero attached hydrogens (tertiary/aromatic N) is 5. The van der Waals surface area contributed by atoms with Crippen LogP contribution >= 0.6 is 11.6 Å². The van der Waals surface area contributed by atoms with Crippen LogP contribution in [0.2, 0.25) is 5.02 Å². The summed E-state index contributed by atoms with van der Waals surface area (Å²) in [5, 5.41) is 13.4. The molecule has 0 saturated carbocycles. The standard InChI is InChI=1S/C11H13ClN5/c1-7-2-3-13-10(4-7)17-9-5-8(12)6-14-11(9)15-16-17/h5-7,10H,2-4H2,1H3. The first-order valence-corrected chi connectivity index (χ1v) is 6.15. The van der Waals surface area contributed by atoms with Gasteiger partial charge in [0.15, 0.2) is 0 Å². The summed E-state index contributed by atoms with van der Waals surface area (Å²) >= 11 is 5.95. The molecule has 1 aliphatic heterocycles. The van der Waals surface area contributed by atoms with Crippen LogP contribution in [-0.4, -0.2) is 26.5 Å². The predicted octanol–water partition coefficient (Wildman–Crippen LogP) is 2.01. The maximum absolute atomic E-state index is 5.95. The summed E-state index contributed by atoms with van der Waals surface area (Å²) in [6, 6.07) is 1.85. The van der Waals surface area contributed by atoms with Crippen molar-refractivity contribution < 1.29 is 0 Å². The van der Waals surface area contributed by atoms with E-state index in [1.807, 2.05) is 10.7 Å². The Labute approximate surface area is 104 Å². The highest BCUT2D eigenvalue weighted by molar-refractivity contribution is 6.31. The van der Waals surface area contributed by atoms with E-state index >= 15 is 0 Å². The van der Waals surface area contributed by atoms with Gasteiger partial charge < -0.3 is 0 Å². The fourth-order valence-electron chi connectivity index (χ4n) is 2.20. The lowest BCUT2D eigenvalue weighted by molar-refractivity contribution is 0.239. The summed E-state index contributed by atoms with van der Waals surface area (Å²) in [5.74, 6) is 0.670. The largest absolute Gasteiger partial charge is 0.232 e. The van der Waals surface area contributed by atoms with Crippen molar-refractivity contribution >= 4 is 22.8 Å². The quantitative estimate of drug-likeness (QED) is 0.778. The first kappa shape index (κ1) is 10.9. The minimum atomic E-state index is 0.0732. The lowest BCUT2D eigenvalue weighted by atomic mass is 9.98. The molecule has 3 rings (SSSR count). The first-order valence-electron chi connectivity index (χ1n) is 5.77.